The molecular formula is C12H14Cl2N2O4S. The van der Waals surface area contributed by atoms with E-state index in [4.69, 9.17) is 27.9 Å². The van der Waals surface area contributed by atoms with Crippen LogP contribution in [0.25, 0.3) is 0 Å². The normalized spacial score (nSPS) is 14.8. The molecule has 0 aromatic heterocycles. The van der Waals surface area contributed by atoms with Gasteiger partial charge in [0.1, 0.15) is 12.4 Å². The summed E-state index contributed by atoms with van der Waals surface area (Å²) in [7, 11) is -2.07. The average Bonchev–Trinajstić information content (AvgIpc) is 2.38. The number of carbonyl (C=O) groups is 1. The summed E-state index contributed by atoms with van der Waals surface area (Å²) in [4.78, 5) is 13.7. The number of likely N-dealkylation sites (N-methyl/N-ethyl adjacent to an activating group) is 1. The van der Waals surface area contributed by atoms with E-state index in [1.165, 1.54) is 18.0 Å². The number of anilines is 1. The maximum absolute atomic E-state index is 12.3. The van der Waals surface area contributed by atoms with Crippen LogP contribution in [0.3, 0.4) is 0 Å². The lowest BCUT2D eigenvalue weighted by Crippen LogP contribution is -2.44. The molecule has 1 aliphatic rings. The summed E-state index contributed by atoms with van der Waals surface area (Å²) in [6, 6.07) is 3.08. The standard InChI is InChI=1S/C12H14Cl2N2O4S/c1-15(21(2,18)19)7-12(17)16-3-4-20-11-6-9(14)8(13)5-10(11)16/h5-6H,3-4,7H2,1-2H3. The zero-order valence-corrected chi connectivity index (χ0v) is 13.8. The molecule has 1 amide bonds. The maximum atomic E-state index is 12.3. The molecule has 9 heteroatoms. The second-order valence-corrected chi connectivity index (χ2v) is 7.55. The van der Waals surface area contributed by atoms with Crippen molar-refractivity contribution in [1.29, 1.82) is 0 Å². The van der Waals surface area contributed by atoms with Gasteiger partial charge in [0.25, 0.3) is 0 Å². The summed E-state index contributed by atoms with van der Waals surface area (Å²) in [5.74, 6) is 0.0943. The van der Waals surface area contributed by atoms with Crippen LogP contribution in [0.1, 0.15) is 0 Å². The van der Waals surface area contributed by atoms with E-state index in [1.807, 2.05) is 0 Å². The van der Waals surface area contributed by atoms with E-state index < -0.39 is 10.0 Å². The van der Waals surface area contributed by atoms with Gasteiger partial charge in [0.05, 0.1) is 35.1 Å². The Hall–Kier alpha value is -1.02. The van der Waals surface area contributed by atoms with Crippen LogP contribution < -0.4 is 9.64 Å². The van der Waals surface area contributed by atoms with Gasteiger partial charge >= 0.3 is 0 Å². The van der Waals surface area contributed by atoms with Crippen LogP contribution in [0, 0.1) is 0 Å². The van der Waals surface area contributed by atoms with Crippen molar-refractivity contribution in [1.82, 2.24) is 4.31 Å². The number of halogens is 2. The molecule has 1 aromatic carbocycles. The molecule has 0 unspecified atom stereocenters. The fourth-order valence-electron chi connectivity index (χ4n) is 1.86. The Morgan fingerprint density at radius 3 is 2.62 bits per heavy atom. The number of fused-ring (bicyclic) bond motifs is 1. The molecule has 116 valence electrons. The van der Waals surface area contributed by atoms with E-state index in [9.17, 15) is 13.2 Å². The van der Waals surface area contributed by atoms with E-state index in [0.29, 0.717) is 34.6 Å². The number of sulfonamides is 1. The first-order valence-electron chi connectivity index (χ1n) is 6.03. The van der Waals surface area contributed by atoms with Crippen molar-refractivity contribution < 1.29 is 17.9 Å². The number of amides is 1. The van der Waals surface area contributed by atoms with E-state index in [1.54, 1.807) is 6.07 Å². The lowest BCUT2D eigenvalue weighted by atomic mass is 10.2. The molecule has 0 N–H and O–H groups in total. The molecule has 1 aromatic rings. The number of nitrogens with zero attached hydrogens (tertiary/aromatic N) is 2. The van der Waals surface area contributed by atoms with Crippen molar-refractivity contribution in [2.24, 2.45) is 0 Å². The number of hydrogen-bond acceptors (Lipinski definition) is 4. The van der Waals surface area contributed by atoms with Crippen LogP contribution in [0.2, 0.25) is 10.0 Å². The molecule has 21 heavy (non-hydrogen) atoms. The predicted molar refractivity (Wildman–Crippen MR) is 81.8 cm³/mol. The molecule has 0 aliphatic carbocycles. The molecule has 0 saturated heterocycles. The Balaban J connectivity index is 2.27. The first kappa shape index (κ1) is 16.4. The van der Waals surface area contributed by atoms with Gasteiger partial charge in [-0.2, -0.15) is 4.31 Å². The maximum Gasteiger partial charge on any atom is 0.242 e. The second-order valence-electron chi connectivity index (χ2n) is 4.65. The highest BCUT2D eigenvalue weighted by molar-refractivity contribution is 7.88. The van der Waals surface area contributed by atoms with Crippen LogP contribution in [0.5, 0.6) is 5.75 Å². The fourth-order valence-corrected chi connectivity index (χ4v) is 2.52. The van der Waals surface area contributed by atoms with Gasteiger partial charge in [-0.3, -0.25) is 4.79 Å². The van der Waals surface area contributed by atoms with Crippen LogP contribution in [0.4, 0.5) is 5.69 Å². The molecule has 0 spiro atoms. The number of hydrogen-bond donors (Lipinski definition) is 0. The average molecular weight is 353 g/mol. The van der Waals surface area contributed by atoms with Gasteiger partial charge in [-0.15, -0.1) is 0 Å². The van der Waals surface area contributed by atoms with Crippen molar-refractivity contribution in [2.45, 2.75) is 0 Å². The molecule has 2 rings (SSSR count). The summed E-state index contributed by atoms with van der Waals surface area (Å²) >= 11 is 11.9. The minimum Gasteiger partial charge on any atom is -0.489 e. The van der Waals surface area contributed by atoms with Gasteiger partial charge in [-0.05, 0) is 6.07 Å². The molecular weight excluding hydrogens is 339 g/mol. The monoisotopic (exact) mass is 352 g/mol. The van der Waals surface area contributed by atoms with Gasteiger partial charge in [0, 0.05) is 13.1 Å². The highest BCUT2D eigenvalue weighted by Crippen LogP contribution is 2.38. The highest BCUT2D eigenvalue weighted by atomic mass is 35.5. The Morgan fingerprint density at radius 1 is 1.38 bits per heavy atom. The van der Waals surface area contributed by atoms with E-state index in [-0.39, 0.29) is 12.5 Å². The third-order valence-electron chi connectivity index (χ3n) is 3.09. The SMILES string of the molecule is CN(CC(=O)N1CCOc2cc(Cl)c(Cl)cc21)S(C)(=O)=O. The highest BCUT2D eigenvalue weighted by Gasteiger charge is 2.27. The number of carbonyl (C=O) groups excluding carboxylic acids is 1. The van der Waals surface area contributed by atoms with Crippen LogP contribution >= 0.6 is 23.2 Å². The van der Waals surface area contributed by atoms with Crippen molar-refractivity contribution in [3.8, 4) is 5.75 Å². The van der Waals surface area contributed by atoms with Gasteiger partial charge in [-0.25, -0.2) is 8.42 Å². The fraction of sp³-hybridized carbons (Fsp3) is 0.417. The molecule has 0 saturated carbocycles. The summed E-state index contributed by atoms with van der Waals surface area (Å²) in [5.41, 5.74) is 0.488. The molecule has 0 radical (unpaired) electrons. The molecule has 0 atom stereocenters. The minimum absolute atomic E-state index is 0.251. The Labute approximate surface area is 133 Å². The minimum atomic E-state index is -3.42. The summed E-state index contributed by atoms with van der Waals surface area (Å²) in [6.07, 6.45) is 1.05. The predicted octanol–water partition coefficient (Wildman–Crippen LogP) is 1.61. The Morgan fingerprint density at radius 2 is 2.00 bits per heavy atom. The summed E-state index contributed by atoms with van der Waals surface area (Å²) in [5, 5.41) is 0.633. The molecule has 1 heterocycles. The number of benzene rings is 1. The molecule has 0 fully saturated rings. The third kappa shape index (κ3) is 3.60. The first-order valence-corrected chi connectivity index (χ1v) is 8.64. The zero-order chi connectivity index (χ0) is 15.8. The van der Waals surface area contributed by atoms with E-state index in [0.717, 1.165) is 10.6 Å². The van der Waals surface area contributed by atoms with Crippen LogP contribution in [0.15, 0.2) is 12.1 Å². The first-order chi connectivity index (χ1) is 9.70. The van der Waals surface area contributed by atoms with Gasteiger partial charge < -0.3 is 9.64 Å². The quantitative estimate of drug-likeness (QED) is 0.828. The van der Waals surface area contributed by atoms with E-state index in [2.05, 4.69) is 0 Å². The summed E-state index contributed by atoms with van der Waals surface area (Å²) < 4.78 is 29.2. The largest absolute Gasteiger partial charge is 0.489 e. The van der Waals surface area contributed by atoms with Gasteiger partial charge in [-0.1, -0.05) is 23.2 Å². The van der Waals surface area contributed by atoms with Crippen molar-refractivity contribution in [2.75, 3.05) is 37.9 Å². The second kappa shape index (κ2) is 6.00. The number of rotatable bonds is 3. The lowest BCUT2D eigenvalue weighted by Gasteiger charge is -2.30. The van der Waals surface area contributed by atoms with Crippen LogP contribution in [-0.2, 0) is 14.8 Å². The zero-order valence-electron chi connectivity index (χ0n) is 11.5. The third-order valence-corrected chi connectivity index (χ3v) is 5.07. The van der Waals surface area contributed by atoms with Crippen molar-refractivity contribution in [3.63, 3.8) is 0 Å². The van der Waals surface area contributed by atoms with Crippen molar-refractivity contribution >= 4 is 44.8 Å². The van der Waals surface area contributed by atoms with Gasteiger partial charge in [0.2, 0.25) is 15.9 Å². The van der Waals surface area contributed by atoms with Crippen molar-refractivity contribution in [3.05, 3.63) is 22.2 Å². The molecule has 0 bridgehead atoms. The van der Waals surface area contributed by atoms with E-state index >= 15 is 0 Å². The summed E-state index contributed by atoms with van der Waals surface area (Å²) in [6.45, 7) is 0.374. The van der Waals surface area contributed by atoms with Gasteiger partial charge in [0.15, 0.2) is 0 Å². The Kier molecular flexibility index (Phi) is 4.67. The smallest absolute Gasteiger partial charge is 0.242 e. The Bertz CT molecular complexity index is 678. The lowest BCUT2D eigenvalue weighted by molar-refractivity contribution is -0.118. The number of ether oxygens (including phenoxy) is 1. The van der Waals surface area contributed by atoms with Crippen LogP contribution in [-0.4, -0.2) is 51.6 Å². The molecule has 1 aliphatic heterocycles. The topological polar surface area (TPSA) is 66.9 Å². The molecule has 6 nitrogen and oxygen atoms in total.